The zero-order valence-electron chi connectivity index (χ0n) is 15.7. The molecule has 2 amide bonds. The van der Waals surface area contributed by atoms with E-state index >= 15 is 0 Å². The number of nitrogens with zero attached hydrogens (tertiary/aromatic N) is 1. The average Bonchev–Trinajstić information content (AvgIpc) is 2.71. The van der Waals surface area contributed by atoms with Gasteiger partial charge in [0.1, 0.15) is 6.54 Å². The molecule has 2 aliphatic rings. The van der Waals surface area contributed by atoms with Crippen molar-refractivity contribution < 1.29 is 9.59 Å². The Hall–Kier alpha value is -1.84. The average molecular weight is 342 g/mol. The van der Waals surface area contributed by atoms with Crippen LogP contribution in [0.5, 0.6) is 0 Å². The SMILES string of the molecule is Cc1ccc2c(c1)C(C)(C)C(=O)N2CC(=O)NC1CCCCCCC1. The van der Waals surface area contributed by atoms with Crippen molar-refractivity contribution in [3.05, 3.63) is 29.3 Å². The van der Waals surface area contributed by atoms with Crippen molar-refractivity contribution in [2.75, 3.05) is 11.4 Å². The molecule has 0 atom stereocenters. The van der Waals surface area contributed by atoms with Crippen molar-refractivity contribution in [1.29, 1.82) is 0 Å². The van der Waals surface area contributed by atoms with Gasteiger partial charge in [-0.15, -0.1) is 0 Å². The highest BCUT2D eigenvalue weighted by Gasteiger charge is 2.44. The summed E-state index contributed by atoms with van der Waals surface area (Å²) < 4.78 is 0. The van der Waals surface area contributed by atoms with Crippen LogP contribution in [0, 0.1) is 6.92 Å². The predicted molar refractivity (Wildman–Crippen MR) is 101 cm³/mol. The molecule has 0 bridgehead atoms. The van der Waals surface area contributed by atoms with Gasteiger partial charge >= 0.3 is 0 Å². The maximum Gasteiger partial charge on any atom is 0.240 e. The molecular formula is C21H30N2O2. The van der Waals surface area contributed by atoms with Gasteiger partial charge in [-0.3, -0.25) is 9.59 Å². The van der Waals surface area contributed by atoms with Crippen molar-refractivity contribution in [2.24, 2.45) is 0 Å². The minimum atomic E-state index is -0.568. The number of hydrogen-bond acceptors (Lipinski definition) is 2. The number of fused-ring (bicyclic) bond motifs is 1. The first-order valence-corrected chi connectivity index (χ1v) is 9.62. The van der Waals surface area contributed by atoms with E-state index in [-0.39, 0.29) is 24.4 Å². The van der Waals surface area contributed by atoms with Crippen LogP contribution >= 0.6 is 0 Å². The fourth-order valence-electron chi connectivity index (χ4n) is 4.12. The standard InChI is InChI=1S/C21H30N2O2/c1-15-11-12-18-17(13-15)21(2,3)20(25)23(18)14-19(24)22-16-9-7-5-4-6-8-10-16/h11-13,16H,4-10,14H2,1-3H3,(H,22,24). The van der Waals surface area contributed by atoms with Gasteiger partial charge in [0.25, 0.3) is 0 Å². The lowest BCUT2D eigenvalue weighted by Crippen LogP contribution is -2.45. The van der Waals surface area contributed by atoms with Crippen LogP contribution in [0.2, 0.25) is 0 Å². The summed E-state index contributed by atoms with van der Waals surface area (Å²) in [6.07, 6.45) is 8.32. The fourth-order valence-corrected chi connectivity index (χ4v) is 4.12. The molecule has 1 saturated carbocycles. The molecule has 3 rings (SSSR count). The minimum Gasteiger partial charge on any atom is -0.352 e. The third-order valence-corrected chi connectivity index (χ3v) is 5.67. The number of hydrogen-bond donors (Lipinski definition) is 1. The van der Waals surface area contributed by atoms with Gasteiger partial charge in [0.05, 0.1) is 5.41 Å². The van der Waals surface area contributed by atoms with E-state index in [9.17, 15) is 9.59 Å². The van der Waals surface area contributed by atoms with Crippen molar-refractivity contribution >= 4 is 17.5 Å². The van der Waals surface area contributed by atoms with E-state index in [0.717, 1.165) is 29.7 Å². The zero-order chi connectivity index (χ0) is 18.0. The minimum absolute atomic E-state index is 0.0147. The van der Waals surface area contributed by atoms with Crippen LogP contribution in [0.3, 0.4) is 0 Å². The highest BCUT2D eigenvalue weighted by atomic mass is 16.2. The van der Waals surface area contributed by atoms with E-state index in [4.69, 9.17) is 0 Å². The molecule has 1 aliphatic carbocycles. The van der Waals surface area contributed by atoms with E-state index < -0.39 is 5.41 Å². The molecule has 0 saturated heterocycles. The first kappa shape index (κ1) is 18.0. The highest BCUT2D eigenvalue weighted by Crippen LogP contribution is 2.41. The highest BCUT2D eigenvalue weighted by molar-refractivity contribution is 6.10. The summed E-state index contributed by atoms with van der Waals surface area (Å²) in [7, 11) is 0. The molecule has 1 aliphatic heterocycles. The van der Waals surface area contributed by atoms with E-state index in [1.807, 2.05) is 32.9 Å². The smallest absolute Gasteiger partial charge is 0.240 e. The second-order valence-corrected chi connectivity index (χ2v) is 8.15. The van der Waals surface area contributed by atoms with E-state index in [2.05, 4.69) is 11.4 Å². The van der Waals surface area contributed by atoms with Gasteiger partial charge in [0.15, 0.2) is 0 Å². The Morgan fingerprint density at radius 3 is 2.48 bits per heavy atom. The van der Waals surface area contributed by atoms with Crippen LogP contribution in [-0.2, 0) is 15.0 Å². The lowest BCUT2D eigenvalue weighted by molar-refractivity contribution is -0.126. The molecule has 1 aromatic rings. The first-order valence-electron chi connectivity index (χ1n) is 9.62. The third-order valence-electron chi connectivity index (χ3n) is 5.67. The monoisotopic (exact) mass is 342 g/mol. The number of rotatable bonds is 3. The lowest BCUT2D eigenvalue weighted by Gasteiger charge is -2.24. The molecular weight excluding hydrogens is 312 g/mol. The largest absolute Gasteiger partial charge is 0.352 e. The number of anilines is 1. The maximum atomic E-state index is 12.9. The van der Waals surface area contributed by atoms with E-state index in [1.54, 1.807) is 4.90 Å². The molecule has 136 valence electrons. The summed E-state index contributed by atoms with van der Waals surface area (Å²) in [5.74, 6) is -0.0240. The molecule has 1 heterocycles. The van der Waals surface area contributed by atoms with E-state index in [1.165, 1.54) is 32.1 Å². The van der Waals surface area contributed by atoms with Crippen molar-refractivity contribution in [3.8, 4) is 0 Å². The van der Waals surface area contributed by atoms with Gasteiger partial charge in [-0.05, 0) is 45.2 Å². The fraction of sp³-hybridized carbons (Fsp3) is 0.619. The molecule has 4 heteroatoms. The summed E-state index contributed by atoms with van der Waals surface area (Å²) >= 11 is 0. The molecule has 0 spiro atoms. The topological polar surface area (TPSA) is 49.4 Å². The Balaban J connectivity index is 1.70. The van der Waals surface area contributed by atoms with Crippen molar-refractivity contribution in [2.45, 2.75) is 77.2 Å². The van der Waals surface area contributed by atoms with Gasteiger partial charge in [-0.2, -0.15) is 0 Å². The van der Waals surface area contributed by atoms with Crippen molar-refractivity contribution in [1.82, 2.24) is 5.32 Å². The van der Waals surface area contributed by atoms with Crippen LogP contribution in [0.25, 0.3) is 0 Å². The quantitative estimate of drug-likeness (QED) is 0.907. The molecule has 0 aromatic heterocycles. The summed E-state index contributed by atoms with van der Waals surface area (Å²) in [4.78, 5) is 27.1. The molecule has 1 N–H and O–H groups in total. The van der Waals surface area contributed by atoms with Crippen LogP contribution in [-0.4, -0.2) is 24.4 Å². The second-order valence-electron chi connectivity index (χ2n) is 8.15. The van der Waals surface area contributed by atoms with Crippen LogP contribution < -0.4 is 10.2 Å². The summed E-state index contributed by atoms with van der Waals surface area (Å²) in [5, 5.41) is 3.17. The van der Waals surface area contributed by atoms with Crippen LogP contribution in [0.15, 0.2) is 18.2 Å². The summed E-state index contributed by atoms with van der Waals surface area (Å²) in [5.41, 5.74) is 2.48. The molecule has 0 unspecified atom stereocenters. The number of aryl methyl sites for hydroxylation is 1. The van der Waals surface area contributed by atoms with Crippen molar-refractivity contribution in [3.63, 3.8) is 0 Å². The maximum absolute atomic E-state index is 12.9. The van der Waals surface area contributed by atoms with Gasteiger partial charge in [0.2, 0.25) is 11.8 Å². The molecule has 1 fully saturated rings. The van der Waals surface area contributed by atoms with Crippen LogP contribution in [0.1, 0.15) is 69.9 Å². The van der Waals surface area contributed by atoms with Gasteiger partial charge in [-0.25, -0.2) is 0 Å². The van der Waals surface area contributed by atoms with Crippen LogP contribution in [0.4, 0.5) is 5.69 Å². The first-order chi connectivity index (χ1) is 11.9. The number of benzene rings is 1. The normalized spacial score (nSPS) is 20.8. The van der Waals surface area contributed by atoms with Gasteiger partial charge in [0, 0.05) is 11.7 Å². The Kier molecular flexibility index (Phi) is 5.16. The van der Waals surface area contributed by atoms with Gasteiger partial charge in [-0.1, -0.05) is 49.8 Å². The molecule has 4 nitrogen and oxygen atoms in total. The zero-order valence-corrected chi connectivity index (χ0v) is 15.7. The summed E-state index contributed by atoms with van der Waals surface area (Å²) in [6, 6.07) is 6.31. The number of nitrogens with one attached hydrogen (secondary N) is 1. The number of carbonyl (C=O) groups excluding carboxylic acids is 2. The Morgan fingerprint density at radius 2 is 1.80 bits per heavy atom. The third kappa shape index (κ3) is 3.73. The Morgan fingerprint density at radius 1 is 1.16 bits per heavy atom. The number of carbonyl (C=O) groups is 2. The summed E-state index contributed by atoms with van der Waals surface area (Å²) in [6.45, 7) is 6.04. The second kappa shape index (κ2) is 7.19. The predicted octanol–water partition coefficient (Wildman–Crippen LogP) is 3.85. The Bertz CT molecular complexity index is 658. The molecule has 1 aromatic carbocycles. The lowest BCUT2D eigenvalue weighted by atomic mass is 9.85. The Labute approximate surface area is 151 Å². The number of amides is 2. The van der Waals surface area contributed by atoms with E-state index in [0.29, 0.717) is 0 Å². The van der Waals surface area contributed by atoms with Gasteiger partial charge < -0.3 is 10.2 Å². The molecule has 0 radical (unpaired) electrons. The molecule has 25 heavy (non-hydrogen) atoms.